The Morgan fingerprint density at radius 1 is 0.840 bits per heavy atom. The van der Waals surface area contributed by atoms with Crippen LogP contribution in [0.3, 0.4) is 0 Å². The van der Waals surface area contributed by atoms with Gasteiger partial charge in [0.25, 0.3) is 0 Å². The monoisotopic (exact) mass is 344 g/mol. The summed E-state index contributed by atoms with van der Waals surface area (Å²) in [7, 11) is 0. The van der Waals surface area contributed by atoms with Crippen LogP contribution in [0, 0.1) is 0 Å². The number of likely N-dealkylation sites (tertiary alicyclic amines) is 2. The zero-order chi connectivity index (χ0) is 17.3. The first-order valence-electron chi connectivity index (χ1n) is 10.0. The van der Waals surface area contributed by atoms with Gasteiger partial charge in [-0.25, -0.2) is 0 Å². The van der Waals surface area contributed by atoms with E-state index in [1.165, 1.54) is 51.6 Å². The molecule has 25 heavy (non-hydrogen) atoms. The van der Waals surface area contributed by atoms with Crippen LogP contribution in [0.5, 0.6) is 5.75 Å². The van der Waals surface area contributed by atoms with Crippen LogP contribution >= 0.6 is 0 Å². The predicted octanol–water partition coefficient (Wildman–Crippen LogP) is 3.61. The highest BCUT2D eigenvalue weighted by atomic mass is 16.5. The molecule has 0 N–H and O–H groups in total. The smallest absolute Gasteiger partial charge is 0.176 e. The number of carbonyl (C=O) groups is 1. The largest absolute Gasteiger partial charge is 0.494 e. The molecule has 1 aromatic rings. The van der Waals surface area contributed by atoms with Crippen molar-refractivity contribution >= 4 is 5.78 Å². The van der Waals surface area contributed by atoms with E-state index in [0.29, 0.717) is 6.54 Å². The van der Waals surface area contributed by atoms with Crippen LogP contribution in [-0.4, -0.2) is 61.5 Å². The number of rotatable bonds is 8. The fourth-order valence-corrected chi connectivity index (χ4v) is 3.81. The number of hydrogen-bond donors (Lipinski definition) is 0. The molecule has 2 heterocycles. The van der Waals surface area contributed by atoms with Gasteiger partial charge in [-0.3, -0.25) is 9.69 Å². The quantitative estimate of drug-likeness (QED) is 0.533. The maximum Gasteiger partial charge on any atom is 0.176 e. The molecule has 2 aliphatic rings. The van der Waals surface area contributed by atoms with Crippen LogP contribution in [0.2, 0.25) is 0 Å². The van der Waals surface area contributed by atoms with Gasteiger partial charge in [-0.05, 0) is 82.5 Å². The van der Waals surface area contributed by atoms with Crippen LogP contribution in [-0.2, 0) is 0 Å². The average Bonchev–Trinajstić information content (AvgIpc) is 2.67. The Morgan fingerprint density at radius 3 is 2.08 bits per heavy atom. The number of Topliss-reactive ketones (excluding diaryl/α,β-unsaturated/α-hetero) is 1. The summed E-state index contributed by atoms with van der Waals surface area (Å²) in [5.74, 6) is 1.09. The summed E-state index contributed by atoms with van der Waals surface area (Å²) in [5.41, 5.74) is 0.797. The summed E-state index contributed by atoms with van der Waals surface area (Å²) in [5, 5.41) is 0. The molecule has 0 saturated carbocycles. The molecule has 2 aliphatic heterocycles. The fourth-order valence-electron chi connectivity index (χ4n) is 3.81. The molecule has 0 bridgehead atoms. The highest BCUT2D eigenvalue weighted by Crippen LogP contribution is 2.15. The molecule has 2 saturated heterocycles. The van der Waals surface area contributed by atoms with Crippen LogP contribution in [0.15, 0.2) is 24.3 Å². The summed E-state index contributed by atoms with van der Waals surface area (Å²) < 4.78 is 5.83. The molecule has 138 valence electrons. The number of benzene rings is 1. The summed E-state index contributed by atoms with van der Waals surface area (Å²) >= 11 is 0. The molecule has 0 atom stereocenters. The number of ether oxygens (including phenoxy) is 1. The normalized spacial score (nSPS) is 19.7. The molecule has 0 aromatic heterocycles. The second kappa shape index (κ2) is 9.93. The average molecular weight is 344 g/mol. The van der Waals surface area contributed by atoms with Crippen molar-refractivity contribution in [3.05, 3.63) is 29.8 Å². The predicted molar refractivity (Wildman–Crippen MR) is 101 cm³/mol. The molecular weight excluding hydrogens is 312 g/mol. The van der Waals surface area contributed by atoms with Gasteiger partial charge in [0.2, 0.25) is 0 Å². The fraction of sp³-hybridized carbons (Fsp3) is 0.667. The van der Waals surface area contributed by atoms with E-state index in [2.05, 4.69) is 9.80 Å². The van der Waals surface area contributed by atoms with Crippen molar-refractivity contribution in [3.63, 3.8) is 0 Å². The standard InChI is InChI=1S/C21H32N2O2/c24-21(18-23-14-5-2-6-15-23)19-8-10-20(11-9-19)25-17-7-16-22-12-3-1-4-13-22/h8-11H,1-7,12-18H2. The van der Waals surface area contributed by atoms with Crippen LogP contribution in [0.1, 0.15) is 55.3 Å². The molecule has 4 heteroatoms. The highest BCUT2D eigenvalue weighted by molar-refractivity contribution is 5.97. The van der Waals surface area contributed by atoms with Crippen molar-refractivity contribution < 1.29 is 9.53 Å². The zero-order valence-electron chi connectivity index (χ0n) is 15.4. The van der Waals surface area contributed by atoms with Gasteiger partial charge in [0.05, 0.1) is 13.2 Å². The first-order valence-corrected chi connectivity index (χ1v) is 10.0. The maximum absolute atomic E-state index is 12.4. The maximum atomic E-state index is 12.4. The minimum Gasteiger partial charge on any atom is -0.494 e. The van der Waals surface area contributed by atoms with Gasteiger partial charge >= 0.3 is 0 Å². The van der Waals surface area contributed by atoms with Crippen molar-refractivity contribution in [1.29, 1.82) is 0 Å². The SMILES string of the molecule is O=C(CN1CCCCC1)c1ccc(OCCCN2CCCCC2)cc1. The molecule has 3 rings (SSSR count). The van der Waals surface area contributed by atoms with E-state index in [1.54, 1.807) is 0 Å². The summed E-state index contributed by atoms with van der Waals surface area (Å²) in [4.78, 5) is 17.2. The van der Waals surface area contributed by atoms with Gasteiger partial charge in [-0.1, -0.05) is 12.8 Å². The second-order valence-electron chi connectivity index (χ2n) is 7.39. The van der Waals surface area contributed by atoms with Gasteiger partial charge in [-0.15, -0.1) is 0 Å². The molecular formula is C21H32N2O2. The molecule has 0 amide bonds. The Kier molecular flexibility index (Phi) is 7.31. The van der Waals surface area contributed by atoms with E-state index in [-0.39, 0.29) is 5.78 Å². The van der Waals surface area contributed by atoms with E-state index in [9.17, 15) is 4.79 Å². The third-order valence-electron chi connectivity index (χ3n) is 5.33. The van der Waals surface area contributed by atoms with Crippen LogP contribution < -0.4 is 4.74 Å². The topological polar surface area (TPSA) is 32.8 Å². The van der Waals surface area contributed by atoms with E-state index in [1.807, 2.05) is 24.3 Å². The minimum absolute atomic E-state index is 0.221. The molecule has 0 aliphatic carbocycles. The Labute approximate surface area is 152 Å². The van der Waals surface area contributed by atoms with Crippen molar-refractivity contribution in [2.24, 2.45) is 0 Å². The van der Waals surface area contributed by atoms with E-state index in [4.69, 9.17) is 4.74 Å². The lowest BCUT2D eigenvalue weighted by atomic mass is 10.1. The number of hydrogen-bond acceptors (Lipinski definition) is 4. The lowest BCUT2D eigenvalue weighted by molar-refractivity contribution is 0.0915. The molecule has 1 aromatic carbocycles. The van der Waals surface area contributed by atoms with Crippen LogP contribution in [0.25, 0.3) is 0 Å². The summed E-state index contributed by atoms with van der Waals surface area (Å²) in [6, 6.07) is 7.69. The van der Waals surface area contributed by atoms with Crippen molar-refractivity contribution in [2.75, 3.05) is 45.9 Å². The number of ketones is 1. The van der Waals surface area contributed by atoms with E-state index in [0.717, 1.165) is 44.0 Å². The highest BCUT2D eigenvalue weighted by Gasteiger charge is 2.15. The molecule has 0 unspecified atom stereocenters. The Bertz CT molecular complexity index is 517. The lowest BCUT2D eigenvalue weighted by Crippen LogP contribution is -2.34. The summed E-state index contributed by atoms with van der Waals surface area (Å²) in [6.45, 7) is 7.04. The first-order chi connectivity index (χ1) is 12.3. The Hall–Kier alpha value is -1.39. The van der Waals surface area contributed by atoms with Crippen molar-refractivity contribution in [1.82, 2.24) is 9.80 Å². The molecule has 0 spiro atoms. The Morgan fingerprint density at radius 2 is 1.44 bits per heavy atom. The molecule has 2 fully saturated rings. The Balaban J connectivity index is 1.36. The van der Waals surface area contributed by atoms with E-state index < -0.39 is 0 Å². The first kappa shape index (κ1) is 18.4. The molecule has 0 radical (unpaired) electrons. The summed E-state index contributed by atoms with van der Waals surface area (Å²) in [6.07, 6.45) is 8.87. The van der Waals surface area contributed by atoms with Crippen molar-refractivity contribution in [2.45, 2.75) is 44.9 Å². The van der Waals surface area contributed by atoms with Gasteiger partial charge in [0, 0.05) is 12.1 Å². The van der Waals surface area contributed by atoms with Gasteiger partial charge < -0.3 is 9.64 Å². The molecule has 4 nitrogen and oxygen atoms in total. The van der Waals surface area contributed by atoms with Gasteiger partial charge in [-0.2, -0.15) is 0 Å². The van der Waals surface area contributed by atoms with Crippen molar-refractivity contribution in [3.8, 4) is 5.75 Å². The van der Waals surface area contributed by atoms with Gasteiger partial charge in [0.1, 0.15) is 5.75 Å². The van der Waals surface area contributed by atoms with Crippen LogP contribution in [0.4, 0.5) is 0 Å². The number of carbonyl (C=O) groups excluding carboxylic acids is 1. The zero-order valence-corrected chi connectivity index (χ0v) is 15.4. The minimum atomic E-state index is 0.221. The second-order valence-corrected chi connectivity index (χ2v) is 7.39. The lowest BCUT2D eigenvalue weighted by Gasteiger charge is -2.26. The number of nitrogens with zero attached hydrogens (tertiary/aromatic N) is 2. The third-order valence-corrected chi connectivity index (χ3v) is 5.33. The third kappa shape index (κ3) is 6.12. The number of piperidine rings is 2. The van der Waals surface area contributed by atoms with Gasteiger partial charge in [0.15, 0.2) is 5.78 Å². The van der Waals surface area contributed by atoms with E-state index >= 15 is 0 Å².